The minimum atomic E-state index is -1.42. The fourth-order valence-corrected chi connectivity index (χ4v) is 2.70. The Kier molecular flexibility index (Phi) is 5.06. The van der Waals surface area contributed by atoms with Crippen molar-refractivity contribution in [2.45, 2.75) is 51.3 Å². The predicted molar refractivity (Wildman–Crippen MR) is 90.9 cm³/mol. The molecule has 1 aliphatic rings. The third-order valence-corrected chi connectivity index (χ3v) is 4.10. The van der Waals surface area contributed by atoms with Gasteiger partial charge in [-0.3, -0.25) is 4.79 Å². The lowest BCUT2D eigenvalue weighted by molar-refractivity contribution is -0.160. The molecule has 7 heteroatoms. The van der Waals surface area contributed by atoms with E-state index in [2.05, 4.69) is 5.32 Å². The largest absolute Gasteiger partial charge is 0.480 e. The molecular formula is C18H24N2O5. The van der Waals surface area contributed by atoms with Crippen molar-refractivity contribution in [2.75, 3.05) is 6.54 Å². The zero-order valence-corrected chi connectivity index (χ0v) is 14.9. The first kappa shape index (κ1) is 18.8. The van der Waals surface area contributed by atoms with Crippen LogP contribution in [-0.4, -0.2) is 46.2 Å². The number of carboxylic acids is 1. The number of carboxylic acid groups (broad SMARTS) is 1. The van der Waals surface area contributed by atoms with Gasteiger partial charge in [0.05, 0.1) is 0 Å². The number of ether oxygens (including phenoxy) is 1. The molecule has 2 amide bonds. The van der Waals surface area contributed by atoms with E-state index in [9.17, 15) is 19.5 Å². The number of likely N-dealkylation sites (tertiary alicyclic amines) is 1. The maximum absolute atomic E-state index is 13.1. The molecule has 0 aromatic heterocycles. The van der Waals surface area contributed by atoms with Gasteiger partial charge in [0.2, 0.25) is 0 Å². The second-order valence-corrected chi connectivity index (χ2v) is 7.26. The standard InChI is InChI=1S/C18H24N2O5/c1-17(2,3)25-16(24)19-18(4,12-8-6-5-7-9-12)15(23)20-11-10-13(20)14(21)22/h5-9,13H,10-11H2,1-4H3,(H,19,24)(H,21,22)/t13-,18?/m0/s1. The van der Waals surface area contributed by atoms with E-state index in [4.69, 9.17) is 4.74 Å². The van der Waals surface area contributed by atoms with Gasteiger partial charge in [0.15, 0.2) is 0 Å². The fourth-order valence-electron chi connectivity index (χ4n) is 2.70. The van der Waals surface area contributed by atoms with Gasteiger partial charge in [-0.05, 0) is 39.7 Å². The number of hydrogen-bond acceptors (Lipinski definition) is 4. The van der Waals surface area contributed by atoms with Gasteiger partial charge >= 0.3 is 12.1 Å². The quantitative estimate of drug-likeness (QED) is 0.869. The molecule has 1 aliphatic heterocycles. The predicted octanol–water partition coefficient (Wildman–Crippen LogP) is 2.11. The van der Waals surface area contributed by atoms with Crippen molar-refractivity contribution in [1.82, 2.24) is 10.2 Å². The van der Waals surface area contributed by atoms with Crippen molar-refractivity contribution < 1.29 is 24.2 Å². The number of nitrogens with one attached hydrogen (secondary N) is 1. The number of rotatable bonds is 4. The molecule has 2 atom stereocenters. The number of hydrogen-bond donors (Lipinski definition) is 2. The molecule has 1 aromatic carbocycles. The summed E-state index contributed by atoms with van der Waals surface area (Å²) in [5.41, 5.74) is -1.58. The summed E-state index contributed by atoms with van der Waals surface area (Å²) in [6.45, 7) is 7.08. The van der Waals surface area contributed by atoms with E-state index in [1.165, 1.54) is 4.90 Å². The summed E-state index contributed by atoms with van der Waals surface area (Å²) in [4.78, 5) is 37.9. The number of aliphatic carboxylic acids is 1. The highest BCUT2D eigenvalue weighted by atomic mass is 16.6. The molecule has 2 rings (SSSR count). The number of nitrogens with zero attached hydrogens (tertiary/aromatic N) is 1. The van der Waals surface area contributed by atoms with Crippen LogP contribution in [0.2, 0.25) is 0 Å². The molecular weight excluding hydrogens is 324 g/mol. The normalized spacial score (nSPS) is 19.4. The first-order chi connectivity index (χ1) is 11.5. The van der Waals surface area contributed by atoms with Crippen LogP contribution < -0.4 is 5.32 Å². The first-order valence-corrected chi connectivity index (χ1v) is 8.15. The molecule has 1 unspecified atom stereocenters. The number of alkyl carbamates (subject to hydrolysis) is 1. The smallest absolute Gasteiger partial charge is 0.408 e. The number of benzene rings is 1. The summed E-state index contributed by atoms with van der Waals surface area (Å²) in [5, 5.41) is 11.8. The molecule has 1 heterocycles. The van der Waals surface area contributed by atoms with Crippen LogP contribution in [0.3, 0.4) is 0 Å². The Morgan fingerprint density at radius 1 is 1.16 bits per heavy atom. The van der Waals surface area contributed by atoms with Crippen LogP contribution in [0.4, 0.5) is 4.79 Å². The van der Waals surface area contributed by atoms with Gasteiger partial charge in [-0.1, -0.05) is 30.3 Å². The number of amides is 2. The zero-order chi connectivity index (χ0) is 18.8. The number of carbonyl (C=O) groups is 3. The molecule has 0 aliphatic carbocycles. The van der Waals surface area contributed by atoms with Gasteiger partial charge in [0.25, 0.3) is 5.91 Å². The summed E-state index contributed by atoms with van der Waals surface area (Å²) in [6, 6.07) is 7.86. The highest BCUT2D eigenvalue weighted by Gasteiger charge is 2.47. The molecule has 0 saturated carbocycles. The zero-order valence-electron chi connectivity index (χ0n) is 14.9. The molecule has 1 saturated heterocycles. The maximum Gasteiger partial charge on any atom is 0.408 e. The van der Waals surface area contributed by atoms with Crippen molar-refractivity contribution >= 4 is 18.0 Å². The van der Waals surface area contributed by atoms with E-state index in [1.807, 2.05) is 0 Å². The first-order valence-electron chi connectivity index (χ1n) is 8.15. The van der Waals surface area contributed by atoms with Gasteiger partial charge in [0.1, 0.15) is 17.2 Å². The summed E-state index contributed by atoms with van der Waals surface area (Å²) >= 11 is 0. The van der Waals surface area contributed by atoms with E-state index < -0.39 is 35.2 Å². The van der Waals surface area contributed by atoms with Crippen LogP contribution in [0.25, 0.3) is 0 Å². The van der Waals surface area contributed by atoms with E-state index in [-0.39, 0.29) is 0 Å². The van der Waals surface area contributed by atoms with E-state index in [1.54, 1.807) is 58.0 Å². The van der Waals surface area contributed by atoms with Gasteiger partial charge < -0.3 is 20.1 Å². The van der Waals surface area contributed by atoms with Crippen molar-refractivity contribution in [3.05, 3.63) is 35.9 Å². The van der Waals surface area contributed by atoms with Crippen LogP contribution in [0.1, 0.15) is 39.7 Å². The van der Waals surface area contributed by atoms with Gasteiger partial charge in [-0.15, -0.1) is 0 Å². The van der Waals surface area contributed by atoms with Crippen molar-refractivity contribution in [3.8, 4) is 0 Å². The van der Waals surface area contributed by atoms with Crippen LogP contribution in [0.15, 0.2) is 30.3 Å². The molecule has 25 heavy (non-hydrogen) atoms. The van der Waals surface area contributed by atoms with E-state index in [0.717, 1.165) is 0 Å². The Morgan fingerprint density at radius 3 is 2.20 bits per heavy atom. The lowest BCUT2D eigenvalue weighted by Crippen LogP contribution is -2.64. The van der Waals surface area contributed by atoms with Crippen LogP contribution in [0, 0.1) is 0 Å². The minimum absolute atomic E-state index is 0.341. The highest BCUT2D eigenvalue weighted by molar-refractivity contribution is 5.94. The molecule has 136 valence electrons. The average Bonchev–Trinajstić information content (AvgIpc) is 2.44. The van der Waals surface area contributed by atoms with Gasteiger partial charge in [-0.25, -0.2) is 9.59 Å². The second kappa shape index (κ2) is 6.74. The van der Waals surface area contributed by atoms with Crippen molar-refractivity contribution in [1.29, 1.82) is 0 Å². The summed E-state index contributed by atoms with van der Waals surface area (Å²) in [5.74, 6) is -1.52. The molecule has 0 spiro atoms. The number of carbonyl (C=O) groups excluding carboxylic acids is 2. The Balaban J connectivity index is 2.31. The monoisotopic (exact) mass is 348 g/mol. The SMILES string of the molecule is CC(C)(C)OC(=O)NC(C)(C(=O)N1CC[C@H]1C(=O)O)c1ccccc1. The van der Waals surface area contributed by atoms with Crippen LogP contribution >= 0.6 is 0 Å². The Hall–Kier alpha value is -2.57. The minimum Gasteiger partial charge on any atom is -0.480 e. The third kappa shape index (κ3) is 4.10. The fraction of sp³-hybridized carbons (Fsp3) is 0.500. The molecule has 1 fully saturated rings. The molecule has 1 aromatic rings. The molecule has 0 radical (unpaired) electrons. The summed E-state index contributed by atoms with van der Waals surface area (Å²) < 4.78 is 5.27. The lowest BCUT2D eigenvalue weighted by Gasteiger charge is -2.43. The van der Waals surface area contributed by atoms with Gasteiger partial charge in [-0.2, -0.15) is 0 Å². The van der Waals surface area contributed by atoms with Crippen LogP contribution in [0.5, 0.6) is 0 Å². The second-order valence-electron chi connectivity index (χ2n) is 7.26. The van der Waals surface area contributed by atoms with Crippen molar-refractivity contribution in [2.24, 2.45) is 0 Å². The van der Waals surface area contributed by atoms with Gasteiger partial charge in [0, 0.05) is 6.54 Å². The van der Waals surface area contributed by atoms with Crippen molar-refractivity contribution in [3.63, 3.8) is 0 Å². The maximum atomic E-state index is 13.1. The highest BCUT2D eigenvalue weighted by Crippen LogP contribution is 2.29. The third-order valence-electron chi connectivity index (χ3n) is 4.10. The average molecular weight is 348 g/mol. The Labute approximate surface area is 147 Å². The lowest BCUT2D eigenvalue weighted by atomic mass is 9.87. The summed E-state index contributed by atoms with van der Waals surface area (Å²) in [7, 11) is 0. The molecule has 2 N–H and O–H groups in total. The Bertz CT molecular complexity index is 668. The van der Waals surface area contributed by atoms with Crippen LogP contribution in [-0.2, 0) is 19.9 Å². The Morgan fingerprint density at radius 2 is 1.76 bits per heavy atom. The van der Waals surface area contributed by atoms with E-state index in [0.29, 0.717) is 18.5 Å². The molecule has 7 nitrogen and oxygen atoms in total. The topological polar surface area (TPSA) is 95.9 Å². The molecule has 0 bridgehead atoms. The van der Waals surface area contributed by atoms with E-state index >= 15 is 0 Å². The summed E-state index contributed by atoms with van der Waals surface area (Å²) in [6.07, 6.45) is -0.335.